The highest BCUT2D eigenvalue weighted by Gasteiger charge is 2.44. The summed E-state index contributed by atoms with van der Waals surface area (Å²) in [5.41, 5.74) is 0.548. The Morgan fingerprint density at radius 2 is 2.13 bits per heavy atom. The molecule has 1 aromatic carbocycles. The number of nitriles is 1. The van der Waals surface area contributed by atoms with Crippen LogP contribution in [0.25, 0.3) is 0 Å². The van der Waals surface area contributed by atoms with Crippen molar-refractivity contribution in [1.82, 2.24) is 4.31 Å². The van der Waals surface area contributed by atoms with Gasteiger partial charge >= 0.3 is 0 Å². The van der Waals surface area contributed by atoms with E-state index in [1.165, 1.54) is 11.9 Å². The smallest absolute Gasteiger partial charge is 0.234 e. The number of halogens is 2. The molecule has 0 spiro atoms. The number of hydrogen-bond acceptors (Lipinski definition) is 3. The molecule has 1 fully saturated rings. The quantitative estimate of drug-likeness (QED) is 0.725. The molecule has 1 saturated heterocycles. The Morgan fingerprint density at radius 3 is 2.73 bits per heavy atom. The summed E-state index contributed by atoms with van der Waals surface area (Å²) < 4.78 is 26.6. The van der Waals surface area contributed by atoms with Crippen molar-refractivity contribution in [2.45, 2.75) is 10.8 Å². The highest BCUT2D eigenvalue weighted by Crippen LogP contribution is 2.35. The molecule has 1 aromatic rings. The van der Waals surface area contributed by atoms with Gasteiger partial charge < -0.3 is 0 Å². The van der Waals surface area contributed by atoms with E-state index in [-0.39, 0.29) is 13.1 Å². The zero-order valence-corrected chi connectivity index (χ0v) is 8.60. The molecule has 1 heterocycles. The zero-order valence-electron chi connectivity index (χ0n) is 7.78. The van der Waals surface area contributed by atoms with Crippen molar-refractivity contribution in [3.63, 3.8) is 0 Å². The first-order chi connectivity index (χ1) is 7.09. The predicted molar refractivity (Wildman–Crippen MR) is 53.5 cm³/mol. The Morgan fingerprint density at radius 1 is 1.40 bits per heavy atom. The van der Waals surface area contributed by atoms with Crippen LogP contribution >= 0.6 is 11.9 Å². The number of alkyl halides is 2. The maximum absolute atomic E-state index is 12.5. The molecule has 0 aromatic heterocycles. The van der Waals surface area contributed by atoms with Gasteiger partial charge in [0.1, 0.15) is 0 Å². The molecule has 0 atom stereocenters. The maximum atomic E-state index is 12.5. The molecule has 78 valence electrons. The predicted octanol–water partition coefficient (Wildman–Crippen LogP) is 2.52. The van der Waals surface area contributed by atoms with Gasteiger partial charge in [-0.2, -0.15) is 5.26 Å². The van der Waals surface area contributed by atoms with Crippen LogP contribution in [0.15, 0.2) is 29.2 Å². The van der Waals surface area contributed by atoms with E-state index in [1.807, 2.05) is 12.1 Å². The van der Waals surface area contributed by atoms with E-state index in [9.17, 15) is 8.78 Å². The van der Waals surface area contributed by atoms with Crippen molar-refractivity contribution in [1.29, 1.82) is 5.26 Å². The number of benzene rings is 1. The molecule has 0 radical (unpaired) electrons. The molecular weight excluding hydrogens is 218 g/mol. The third-order valence-corrected chi connectivity index (χ3v) is 2.99. The van der Waals surface area contributed by atoms with E-state index < -0.39 is 5.92 Å². The summed E-state index contributed by atoms with van der Waals surface area (Å²) >= 11 is 1.26. The number of hydrogen-bond donors (Lipinski definition) is 0. The molecule has 0 bridgehead atoms. The lowest BCUT2D eigenvalue weighted by atomic mass is 10.2. The van der Waals surface area contributed by atoms with Crippen LogP contribution in [0.2, 0.25) is 0 Å². The van der Waals surface area contributed by atoms with Crippen molar-refractivity contribution in [3.05, 3.63) is 29.8 Å². The Bertz CT molecular complexity index is 406. The van der Waals surface area contributed by atoms with Gasteiger partial charge in [0.15, 0.2) is 0 Å². The third-order valence-electron chi connectivity index (χ3n) is 2.01. The summed E-state index contributed by atoms with van der Waals surface area (Å²) in [7, 11) is 0. The van der Waals surface area contributed by atoms with E-state index >= 15 is 0 Å². The minimum absolute atomic E-state index is 0.214. The van der Waals surface area contributed by atoms with E-state index in [0.29, 0.717) is 5.56 Å². The van der Waals surface area contributed by atoms with Crippen LogP contribution in [0.1, 0.15) is 5.56 Å². The molecule has 15 heavy (non-hydrogen) atoms. The van der Waals surface area contributed by atoms with Crippen molar-refractivity contribution in [2.24, 2.45) is 0 Å². The fraction of sp³-hybridized carbons (Fsp3) is 0.300. The van der Waals surface area contributed by atoms with Crippen LogP contribution in [0.4, 0.5) is 8.78 Å². The number of rotatable bonds is 2. The van der Waals surface area contributed by atoms with E-state index in [2.05, 4.69) is 0 Å². The fourth-order valence-electron chi connectivity index (χ4n) is 1.31. The zero-order chi connectivity index (χ0) is 10.9. The molecule has 0 aliphatic carbocycles. The molecule has 1 aliphatic heterocycles. The Labute approximate surface area is 90.6 Å². The van der Waals surface area contributed by atoms with Gasteiger partial charge in [0, 0.05) is 4.90 Å². The number of nitrogens with zero attached hydrogens (tertiary/aromatic N) is 2. The van der Waals surface area contributed by atoms with Crippen molar-refractivity contribution in [2.75, 3.05) is 13.1 Å². The van der Waals surface area contributed by atoms with E-state index in [1.54, 1.807) is 22.5 Å². The first-order valence-corrected chi connectivity index (χ1v) is 5.17. The van der Waals surface area contributed by atoms with Crippen LogP contribution in [-0.4, -0.2) is 23.3 Å². The van der Waals surface area contributed by atoms with Crippen LogP contribution < -0.4 is 0 Å². The van der Waals surface area contributed by atoms with Crippen molar-refractivity contribution >= 4 is 11.9 Å². The summed E-state index contributed by atoms with van der Waals surface area (Å²) in [5, 5.41) is 8.66. The molecule has 2 nitrogen and oxygen atoms in total. The second kappa shape index (κ2) is 3.80. The average molecular weight is 226 g/mol. The van der Waals surface area contributed by atoms with Crippen LogP contribution in [0.3, 0.4) is 0 Å². The second-order valence-corrected chi connectivity index (χ2v) is 4.56. The second-order valence-electron chi connectivity index (χ2n) is 3.38. The van der Waals surface area contributed by atoms with E-state index in [4.69, 9.17) is 5.26 Å². The van der Waals surface area contributed by atoms with Gasteiger partial charge in [-0.25, -0.2) is 13.1 Å². The largest absolute Gasteiger partial charge is 0.274 e. The minimum Gasteiger partial charge on any atom is -0.234 e. The van der Waals surface area contributed by atoms with Gasteiger partial charge in [0.05, 0.1) is 24.7 Å². The molecule has 5 heteroatoms. The highest BCUT2D eigenvalue weighted by molar-refractivity contribution is 7.97. The Hall–Kier alpha value is -1.12. The SMILES string of the molecule is N#Cc1cccc(SN2CC(F)(F)C2)c1. The van der Waals surface area contributed by atoms with Crippen molar-refractivity contribution in [3.8, 4) is 6.07 Å². The molecular formula is C10H8F2N2S. The van der Waals surface area contributed by atoms with Gasteiger partial charge in [-0.15, -0.1) is 0 Å². The summed E-state index contributed by atoms with van der Waals surface area (Å²) in [5.74, 6) is -2.54. The summed E-state index contributed by atoms with van der Waals surface area (Å²) in [4.78, 5) is 0.824. The van der Waals surface area contributed by atoms with Gasteiger partial charge in [-0.05, 0) is 30.1 Å². The molecule has 2 rings (SSSR count). The molecule has 0 N–H and O–H groups in total. The standard InChI is InChI=1S/C10H8F2N2S/c11-10(12)6-14(7-10)15-9-3-1-2-8(4-9)5-13/h1-4H,6-7H2. The summed E-state index contributed by atoms with van der Waals surface area (Å²) in [6.45, 7) is -0.428. The lowest BCUT2D eigenvalue weighted by Crippen LogP contribution is -2.52. The third kappa shape index (κ3) is 2.46. The summed E-state index contributed by atoms with van der Waals surface area (Å²) in [6, 6.07) is 8.95. The van der Waals surface area contributed by atoms with Gasteiger partial charge in [-0.1, -0.05) is 6.07 Å². The first kappa shape index (κ1) is 10.4. The van der Waals surface area contributed by atoms with Crippen molar-refractivity contribution < 1.29 is 8.78 Å². The minimum atomic E-state index is -2.54. The lowest BCUT2D eigenvalue weighted by molar-refractivity contribution is -0.0905. The van der Waals surface area contributed by atoms with Crippen LogP contribution in [-0.2, 0) is 0 Å². The fourth-order valence-corrected chi connectivity index (χ4v) is 2.43. The van der Waals surface area contributed by atoms with Gasteiger partial charge in [-0.3, -0.25) is 0 Å². The Kier molecular flexibility index (Phi) is 2.63. The van der Waals surface area contributed by atoms with Crippen LogP contribution in [0.5, 0.6) is 0 Å². The lowest BCUT2D eigenvalue weighted by Gasteiger charge is -2.37. The Balaban J connectivity index is 1.98. The van der Waals surface area contributed by atoms with Crippen LogP contribution in [0, 0.1) is 11.3 Å². The normalized spacial score (nSPS) is 19.3. The van der Waals surface area contributed by atoms with Gasteiger partial charge in [0.25, 0.3) is 5.92 Å². The topological polar surface area (TPSA) is 27.0 Å². The monoisotopic (exact) mass is 226 g/mol. The van der Waals surface area contributed by atoms with E-state index in [0.717, 1.165) is 4.90 Å². The first-order valence-electron chi connectivity index (χ1n) is 4.40. The summed E-state index contributed by atoms with van der Waals surface area (Å²) in [6.07, 6.45) is 0. The molecule has 0 saturated carbocycles. The molecule has 0 amide bonds. The molecule has 1 aliphatic rings. The molecule has 0 unspecified atom stereocenters. The van der Waals surface area contributed by atoms with Gasteiger partial charge in [0.2, 0.25) is 0 Å². The highest BCUT2D eigenvalue weighted by atomic mass is 32.2. The average Bonchev–Trinajstić information content (AvgIpc) is 2.15. The maximum Gasteiger partial charge on any atom is 0.274 e.